The molecule has 0 spiro atoms. The topological polar surface area (TPSA) is 76.1 Å². The normalized spacial score (nSPS) is 15.4. The molecule has 1 aliphatic rings. The van der Waals surface area contributed by atoms with E-state index in [1.807, 2.05) is 6.07 Å². The molecule has 1 aliphatic heterocycles. The second-order valence-corrected chi connectivity index (χ2v) is 7.94. The van der Waals surface area contributed by atoms with Gasteiger partial charge in [0, 0.05) is 10.6 Å². The van der Waals surface area contributed by atoms with Crippen molar-refractivity contribution in [1.29, 1.82) is 0 Å². The van der Waals surface area contributed by atoms with Crippen molar-refractivity contribution in [3.05, 3.63) is 56.4 Å². The van der Waals surface area contributed by atoms with Crippen molar-refractivity contribution >= 4 is 56.5 Å². The monoisotopic (exact) mass is 483 g/mol. The number of carbonyl (C=O) groups is 2. The van der Waals surface area contributed by atoms with Gasteiger partial charge in [0.05, 0.1) is 23.0 Å². The van der Waals surface area contributed by atoms with Gasteiger partial charge in [0.15, 0.2) is 11.5 Å². The SMILES string of the molecule is COc1ccccc1OCCN1C(=O)S/C(=C\c2cc(Cl)cc(Br)c2O)C1=O. The van der Waals surface area contributed by atoms with Crippen molar-refractivity contribution in [3.8, 4) is 17.2 Å². The number of phenols is 1. The van der Waals surface area contributed by atoms with E-state index >= 15 is 0 Å². The average Bonchev–Trinajstić information content (AvgIpc) is 2.93. The van der Waals surface area contributed by atoms with E-state index in [4.69, 9.17) is 21.1 Å². The minimum absolute atomic E-state index is 0.0595. The summed E-state index contributed by atoms with van der Waals surface area (Å²) in [6, 6.07) is 10.2. The Hall–Kier alpha value is -2.16. The number of nitrogens with zero attached hydrogens (tertiary/aromatic N) is 1. The number of benzene rings is 2. The van der Waals surface area contributed by atoms with Gasteiger partial charge in [-0.15, -0.1) is 0 Å². The van der Waals surface area contributed by atoms with Crippen molar-refractivity contribution in [2.24, 2.45) is 0 Å². The van der Waals surface area contributed by atoms with E-state index < -0.39 is 11.1 Å². The molecular weight excluding hydrogens is 470 g/mol. The lowest BCUT2D eigenvalue weighted by molar-refractivity contribution is -0.123. The molecule has 2 aromatic rings. The summed E-state index contributed by atoms with van der Waals surface area (Å²) in [6.45, 7) is 0.213. The zero-order valence-corrected chi connectivity index (χ0v) is 17.8. The van der Waals surface area contributed by atoms with E-state index in [1.54, 1.807) is 18.2 Å². The Morgan fingerprint density at radius 3 is 2.68 bits per heavy atom. The summed E-state index contributed by atoms with van der Waals surface area (Å²) in [5.74, 6) is 0.588. The van der Waals surface area contributed by atoms with Gasteiger partial charge in [0.25, 0.3) is 11.1 Å². The predicted octanol–water partition coefficient (Wildman–Crippen LogP) is 4.93. The second-order valence-electron chi connectivity index (χ2n) is 5.66. The number of aromatic hydroxyl groups is 1. The lowest BCUT2D eigenvalue weighted by Gasteiger charge is -2.14. The molecule has 9 heteroatoms. The number of amides is 2. The quantitative estimate of drug-likeness (QED) is 0.586. The number of para-hydroxylation sites is 2. The zero-order valence-electron chi connectivity index (χ0n) is 14.6. The van der Waals surface area contributed by atoms with Crippen LogP contribution in [0.15, 0.2) is 45.8 Å². The first-order valence-corrected chi connectivity index (χ1v) is 10.1. The largest absolute Gasteiger partial charge is 0.506 e. The first-order valence-electron chi connectivity index (χ1n) is 8.10. The van der Waals surface area contributed by atoms with Crippen LogP contribution in [-0.2, 0) is 4.79 Å². The van der Waals surface area contributed by atoms with Crippen LogP contribution in [0.5, 0.6) is 17.2 Å². The Morgan fingerprint density at radius 2 is 1.96 bits per heavy atom. The summed E-state index contributed by atoms with van der Waals surface area (Å²) in [6.07, 6.45) is 1.44. The maximum Gasteiger partial charge on any atom is 0.293 e. The fraction of sp³-hybridized carbons (Fsp3) is 0.158. The highest BCUT2D eigenvalue weighted by Gasteiger charge is 2.35. The number of thioether (sulfide) groups is 1. The summed E-state index contributed by atoms with van der Waals surface area (Å²) in [5, 5.41) is 10.1. The molecule has 0 unspecified atom stereocenters. The molecule has 1 heterocycles. The van der Waals surface area contributed by atoms with Gasteiger partial charge >= 0.3 is 0 Å². The fourth-order valence-corrected chi connectivity index (χ4v) is 4.20. The molecule has 0 saturated carbocycles. The van der Waals surface area contributed by atoms with Crippen molar-refractivity contribution in [2.75, 3.05) is 20.3 Å². The van der Waals surface area contributed by atoms with Gasteiger partial charge in [0.1, 0.15) is 12.4 Å². The minimum Gasteiger partial charge on any atom is -0.506 e. The molecule has 146 valence electrons. The van der Waals surface area contributed by atoms with E-state index in [1.165, 1.54) is 25.3 Å². The van der Waals surface area contributed by atoms with Gasteiger partial charge in [-0.2, -0.15) is 0 Å². The van der Waals surface area contributed by atoms with Gasteiger partial charge in [-0.3, -0.25) is 14.5 Å². The van der Waals surface area contributed by atoms with Gasteiger partial charge in [-0.1, -0.05) is 23.7 Å². The van der Waals surface area contributed by atoms with E-state index in [0.29, 0.717) is 26.6 Å². The summed E-state index contributed by atoms with van der Waals surface area (Å²) >= 11 is 9.98. The molecular formula is C19H15BrClNO5S. The Morgan fingerprint density at radius 1 is 1.25 bits per heavy atom. The van der Waals surface area contributed by atoms with Crippen LogP contribution in [0.3, 0.4) is 0 Å². The highest BCUT2D eigenvalue weighted by molar-refractivity contribution is 9.10. The lowest BCUT2D eigenvalue weighted by Crippen LogP contribution is -2.32. The Bertz CT molecular complexity index is 965. The highest BCUT2D eigenvalue weighted by atomic mass is 79.9. The maximum absolute atomic E-state index is 12.6. The number of hydrogen-bond donors (Lipinski definition) is 1. The van der Waals surface area contributed by atoms with Crippen LogP contribution >= 0.6 is 39.3 Å². The van der Waals surface area contributed by atoms with E-state index in [0.717, 1.165) is 16.7 Å². The first-order chi connectivity index (χ1) is 13.4. The molecule has 28 heavy (non-hydrogen) atoms. The van der Waals surface area contributed by atoms with E-state index in [9.17, 15) is 14.7 Å². The van der Waals surface area contributed by atoms with E-state index in [2.05, 4.69) is 15.9 Å². The van der Waals surface area contributed by atoms with Gasteiger partial charge in [0.2, 0.25) is 0 Å². The van der Waals surface area contributed by atoms with Crippen LogP contribution in [0.1, 0.15) is 5.56 Å². The number of ether oxygens (including phenoxy) is 2. The minimum atomic E-state index is -0.450. The van der Waals surface area contributed by atoms with Crippen molar-refractivity contribution in [1.82, 2.24) is 4.90 Å². The first kappa shape index (κ1) is 20.6. The van der Waals surface area contributed by atoms with Crippen molar-refractivity contribution < 1.29 is 24.2 Å². The van der Waals surface area contributed by atoms with Crippen LogP contribution < -0.4 is 9.47 Å². The van der Waals surface area contributed by atoms with Crippen molar-refractivity contribution in [2.45, 2.75) is 0 Å². The summed E-state index contributed by atoms with van der Waals surface area (Å²) in [5.41, 5.74) is 0.343. The van der Waals surface area contributed by atoms with Crippen LogP contribution in [0.2, 0.25) is 5.02 Å². The van der Waals surface area contributed by atoms with Crippen LogP contribution in [0.4, 0.5) is 4.79 Å². The Balaban J connectivity index is 1.70. The van der Waals surface area contributed by atoms with Crippen molar-refractivity contribution in [3.63, 3.8) is 0 Å². The number of methoxy groups -OCH3 is 1. The number of halogens is 2. The molecule has 1 fully saturated rings. The number of carbonyl (C=O) groups excluding carboxylic acids is 2. The predicted molar refractivity (Wildman–Crippen MR) is 112 cm³/mol. The second kappa shape index (κ2) is 8.89. The number of hydrogen-bond acceptors (Lipinski definition) is 6. The highest BCUT2D eigenvalue weighted by Crippen LogP contribution is 2.37. The molecule has 0 aliphatic carbocycles. The fourth-order valence-electron chi connectivity index (χ4n) is 2.51. The molecule has 0 atom stereocenters. The van der Waals surface area contributed by atoms with Crippen LogP contribution in [-0.4, -0.2) is 41.4 Å². The molecule has 0 bridgehead atoms. The third-order valence-electron chi connectivity index (χ3n) is 3.86. The molecule has 3 rings (SSSR count). The van der Waals surface area contributed by atoms with E-state index in [-0.39, 0.29) is 23.8 Å². The van der Waals surface area contributed by atoms with Gasteiger partial charge < -0.3 is 14.6 Å². The molecule has 6 nitrogen and oxygen atoms in total. The average molecular weight is 485 g/mol. The standard InChI is InChI=1S/C19H15BrClNO5S/c1-26-14-4-2-3-5-15(14)27-7-6-22-18(24)16(28-19(22)25)9-11-8-12(21)10-13(20)17(11)23/h2-5,8-10,23H,6-7H2,1H3/b16-9-. The number of phenolic OH excluding ortho intramolecular Hbond substituents is 1. The summed E-state index contributed by atoms with van der Waals surface area (Å²) < 4.78 is 11.2. The third-order valence-corrected chi connectivity index (χ3v) is 5.59. The summed E-state index contributed by atoms with van der Waals surface area (Å²) in [4.78, 5) is 26.1. The van der Waals surface area contributed by atoms with Gasteiger partial charge in [-0.25, -0.2) is 0 Å². The number of imide groups is 1. The third kappa shape index (κ3) is 4.45. The molecule has 0 aromatic heterocycles. The molecule has 2 aromatic carbocycles. The molecule has 1 saturated heterocycles. The molecule has 0 radical (unpaired) electrons. The lowest BCUT2D eigenvalue weighted by atomic mass is 10.2. The van der Waals surface area contributed by atoms with Gasteiger partial charge in [-0.05, 0) is 58.0 Å². The maximum atomic E-state index is 12.6. The Labute approximate surface area is 179 Å². The number of rotatable bonds is 6. The molecule has 1 N–H and O–H groups in total. The smallest absolute Gasteiger partial charge is 0.293 e. The molecule has 2 amide bonds. The zero-order chi connectivity index (χ0) is 20.3. The van der Waals surface area contributed by atoms with Crippen LogP contribution in [0.25, 0.3) is 6.08 Å². The Kier molecular flexibility index (Phi) is 6.53. The van der Waals surface area contributed by atoms with Crippen LogP contribution in [0, 0.1) is 0 Å². The summed E-state index contributed by atoms with van der Waals surface area (Å²) in [7, 11) is 1.53.